The van der Waals surface area contributed by atoms with Gasteiger partial charge in [-0.2, -0.15) is 0 Å². The standard InChI is InChI=1S/C47H73N3O12/c1-28(2)38(49-42(52)36(58-9)25-33-19-13-10-14-20-33)45(55)60-31(7)41(51)48-40(30(5)6)47(57)62-37(26-34-21-15-11-16-22-34)43(53)50-39(29(3)4)46(56)61-32(8)44(54)59-27-35-23-17-12-18-24-35/h12,17-18,23-24,28-34,36-40H,10-11,13-16,19-22,25-27H2,1-9H3,(H,48,51)(H,49,52)(H,50,53)/t31-,32-,36+,37+,38+,39+,40-/m0/s1. The molecule has 3 rings (SSSR count). The molecule has 348 valence electrons. The first-order valence-corrected chi connectivity index (χ1v) is 22.7. The lowest BCUT2D eigenvalue weighted by Gasteiger charge is -2.30. The summed E-state index contributed by atoms with van der Waals surface area (Å²) in [5.74, 6) is -6.12. The van der Waals surface area contributed by atoms with Gasteiger partial charge in [0, 0.05) is 7.11 Å². The number of rotatable bonds is 23. The minimum atomic E-state index is -1.35. The highest BCUT2D eigenvalue weighted by Gasteiger charge is 2.38. The van der Waals surface area contributed by atoms with Gasteiger partial charge in [0.15, 0.2) is 18.3 Å². The quantitative estimate of drug-likeness (QED) is 0.0872. The lowest BCUT2D eigenvalue weighted by Crippen LogP contribution is -2.54. The normalized spacial score (nSPS) is 18.3. The zero-order valence-electron chi connectivity index (χ0n) is 38.4. The van der Waals surface area contributed by atoms with E-state index in [1.54, 1.807) is 53.7 Å². The maximum absolute atomic E-state index is 14.0. The fourth-order valence-corrected chi connectivity index (χ4v) is 7.88. The highest BCUT2D eigenvalue weighted by molar-refractivity contribution is 5.92. The van der Waals surface area contributed by atoms with Gasteiger partial charge in [-0.3, -0.25) is 14.4 Å². The van der Waals surface area contributed by atoms with Crippen LogP contribution in [0, 0.1) is 29.6 Å². The van der Waals surface area contributed by atoms with Crippen molar-refractivity contribution in [1.29, 1.82) is 0 Å². The molecule has 2 aliphatic carbocycles. The number of hydrogen-bond donors (Lipinski definition) is 3. The van der Waals surface area contributed by atoms with Crippen LogP contribution < -0.4 is 16.0 Å². The minimum Gasteiger partial charge on any atom is -0.458 e. The van der Waals surface area contributed by atoms with E-state index < -0.39 is 96.0 Å². The van der Waals surface area contributed by atoms with Crippen LogP contribution in [0.1, 0.15) is 138 Å². The Bertz CT molecular complexity index is 1610. The van der Waals surface area contributed by atoms with Gasteiger partial charge < -0.3 is 39.6 Å². The number of carbonyl (C=O) groups is 7. The minimum absolute atomic E-state index is 0.00376. The third-order valence-corrected chi connectivity index (χ3v) is 11.8. The third kappa shape index (κ3) is 17.0. The van der Waals surface area contributed by atoms with Crippen molar-refractivity contribution in [2.45, 2.75) is 182 Å². The Morgan fingerprint density at radius 3 is 1.37 bits per heavy atom. The highest BCUT2D eigenvalue weighted by atomic mass is 16.6. The molecule has 0 spiro atoms. The first-order chi connectivity index (χ1) is 29.4. The molecule has 0 unspecified atom stereocenters. The molecule has 2 fully saturated rings. The van der Waals surface area contributed by atoms with E-state index in [4.69, 9.17) is 23.7 Å². The van der Waals surface area contributed by atoms with Crippen molar-refractivity contribution >= 4 is 41.6 Å². The van der Waals surface area contributed by atoms with E-state index in [1.807, 2.05) is 18.2 Å². The Labute approximate surface area is 368 Å². The van der Waals surface area contributed by atoms with Gasteiger partial charge in [0.2, 0.25) is 5.91 Å². The van der Waals surface area contributed by atoms with Crippen molar-refractivity contribution in [2.75, 3.05) is 7.11 Å². The summed E-state index contributed by atoms with van der Waals surface area (Å²) in [5.41, 5.74) is 0.764. The molecular formula is C47H73N3O12. The van der Waals surface area contributed by atoms with Crippen molar-refractivity contribution < 1.29 is 57.2 Å². The molecule has 0 heterocycles. The van der Waals surface area contributed by atoms with E-state index in [0.717, 1.165) is 63.4 Å². The van der Waals surface area contributed by atoms with Crippen molar-refractivity contribution in [3.05, 3.63) is 35.9 Å². The van der Waals surface area contributed by atoms with E-state index >= 15 is 0 Å². The molecule has 2 saturated carbocycles. The van der Waals surface area contributed by atoms with Crippen molar-refractivity contribution in [1.82, 2.24) is 16.0 Å². The maximum atomic E-state index is 14.0. The Hall–Kier alpha value is -4.53. The molecular weight excluding hydrogens is 799 g/mol. The third-order valence-electron chi connectivity index (χ3n) is 11.8. The first kappa shape index (κ1) is 51.8. The van der Waals surface area contributed by atoms with Crippen LogP contribution in [0.3, 0.4) is 0 Å². The molecule has 0 radical (unpaired) electrons. The average molecular weight is 872 g/mol. The van der Waals surface area contributed by atoms with Crippen LogP contribution in [0.2, 0.25) is 0 Å². The van der Waals surface area contributed by atoms with Gasteiger partial charge in [0.25, 0.3) is 11.8 Å². The van der Waals surface area contributed by atoms with E-state index in [2.05, 4.69) is 16.0 Å². The summed E-state index contributed by atoms with van der Waals surface area (Å²) in [5, 5.41) is 8.10. The summed E-state index contributed by atoms with van der Waals surface area (Å²) in [4.78, 5) is 94.1. The van der Waals surface area contributed by atoms with Gasteiger partial charge in [-0.15, -0.1) is 0 Å². The number of amides is 3. The molecule has 1 aromatic rings. The largest absolute Gasteiger partial charge is 0.458 e. The number of carbonyl (C=O) groups excluding carboxylic acids is 7. The van der Waals surface area contributed by atoms with E-state index in [9.17, 15) is 33.6 Å². The monoisotopic (exact) mass is 872 g/mol. The lowest BCUT2D eigenvalue weighted by atomic mass is 9.85. The van der Waals surface area contributed by atoms with Crippen LogP contribution in [0.5, 0.6) is 0 Å². The van der Waals surface area contributed by atoms with Gasteiger partial charge in [-0.1, -0.05) is 136 Å². The smallest absolute Gasteiger partial charge is 0.347 e. The maximum Gasteiger partial charge on any atom is 0.347 e. The van der Waals surface area contributed by atoms with Gasteiger partial charge in [-0.05, 0) is 61.8 Å². The first-order valence-electron chi connectivity index (χ1n) is 22.7. The second-order valence-corrected chi connectivity index (χ2v) is 18.1. The number of nitrogens with one attached hydrogen (secondary N) is 3. The zero-order chi connectivity index (χ0) is 45.9. The summed E-state index contributed by atoms with van der Waals surface area (Å²) in [6.45, 7) is 13.1. The second kappa shape index (κ2) is 26.2. The van der Waals surface area contributed by atoms with Crippen LogP contribution in [-0.2, 0) is 63.9 Å². The molecule has 15 heteroatoms. The SMILES string of the molecule is CO[C@H](CC1CCCCC1)C(=O)N[C@@H](C(=O)O[C@@H](C)C(=O)N[C@H](C(=O)O[C@H](CC1CCCCC1)C(=O)N[C@@H](C(=O)O[C@@H](C)C(=O)OCc1ccccc1)C(C)C)C(C)C)C(C)C. The number of ether oxygens (including phenoxy) is 5. The summed E-state index contributed by atoms with van der Waals surface area (Å²) in [6, 6.07) is 5.56. The van der Waals surface area contributed by atoms with Crippen molar-refractivity contribution in [3.63, 3.8) is 0 Å². The van der Waals surface area contributed by atoms with Gasteiger partial charge in [0.1, 0.15) is 30.8 Å². The summed E-state index contributed by atoms with van der Waals surface area (Å²) in [7, 11) is 1.47. The van der Waals surface area contributed by atoms with Crippen LogP contribution in [0.25, 0.3) is 0 Å². The predicted octanol–water partition coefficient (Wildman–Crippen LogP) is 5.88. The fraction of sp³-hybridized carbons (Fsp3) is 0.723. The van der Waals surface area contributed by atoms with E-state index in [1.165, 1.54) is 27.4 Å². The van der Waals surface area contributed by atoms with Crippen LogP contribution >= 0.6 is 0 Å². The van der Waals surface area contributed by atoms with Gasteiger partial charge >= 0.3 is 23.9 Å². The molecule has 0 bridgehead atoms. The molecule has 3 N–H and O–H groups in total. The van der Waals surface area contributed by atoms with Gasteiger partial charge in [-0.25, -0.2) is 19.2 Å². The van der Waals surface area contributed by atoms with Gasteiger partial charge in [0.05, 0.1) is 0 Å². The molecule has 0 aliphatic heterocycles. The molecule has 7 atom stereocenters. The number of methoxy groups -OCH3 is 1. The highest BCUT2D eigenvalue weighted by Crippen LogP contribution is 2.30. The molecule has 0 saturated heterocycles. The number of esters is 4. The Balaban J connectivity index is 1.66. The molecule has 3 amide bonds. The predicted molar refractivity (Wildman–Crippen MR) is 231 cm³/mol. The average Bonchev–Trinajstić information content (AvgIpc) is 3.24. The van der Waals surface area contributed by atoms with Crippen LogP contribution in [0.15, 0.2) is 30.3 Å². The van der Waals surface area contributed by atoms with Crippen LogP contribution in [-0.4, -0.2) is 91.2 Å². The van der Waals surface area contributed by atoms with E-state index in [0.29, 0.717) is 12.3 Å². The molecule has 1 aromatic carbocycles. The van der Waals surface area contributed by atoms with Crippen molar-refractivity contribution in [2.24, 2.45) is 29.6 Å². The second-order valence-electron chi connectivity index (χ2n) is 18.1. The molecule has 2 aliphatic rings. The fourth-order valence-electron chi connectivity index (χ4n) is 7.88. The van der Waals surface area contributed by atoms with Crippen LogP contribution in [0.4, 0.5) is 0 Å². The topological polar surface area (TPSA) is 202 Å². The lowest BCUT2D eigenvalue weighted by molar-refractivity contribution is -0.170. The van der Waals surface area contributed by atoms with E-state index in [-0.39, 0.29) is 24.9 Å². The Morgan fingerprint density at radius 2 is 0.919 bits per heavy atom. The number of hydrogen-bond acceptors (Lipinski definition) is 12. The molecule has 15 nitrogen and oxygen atoms in total. The summed E-state index contributed by atoms with van der Waals surface area (Å²) >= 11 is 0. The summed E-state index contributed by atoms with van der Waals surface area (Å²) < 4.78 is 27.7. The Kier molecular flexibility index (Phi) is 21.9. The Morgan fingerprint density at radius 1 is 0.516 bits per heavy atom. The molecule has 62 heavy (non-hydrogen) atoms. The number of benzene rings is 1. The van der Waals surface area contributed by atoms with Crippen molar-refractivity contribution in [3.8, 4) is 0 Å². The summed E-state index contributed by atoms with van der Waals surface area (Å²) in [6.07, 6.45) is 6.19. The zero-order valence-corrected chi connectivity index (χ0v) is 38.4. The molecule has 0 aromatic heterocycles.